The smallest absolute Gasteiger partial charge is 0.279 e. The number of nitro benzene ring substituents is 1. The van der Waals surface area contributed by atoms with Crippen molar-refractivity contribution in [2.45, 2.75) is 0 Å². The van der Waals surface area contributed by atoms with Gasteiger partial charge in [0.15, 0.2) is 6.54 Å². The summed E-state index contributed by atoms with van der Waals surface area (Å²) in [5.74, 6) is -0.149. The predicted octanol–water partition coefficient (Wildman–Crippen LogP) is 1.59. The molecule has 1 aliphatic rings. The molecule has 1 fully saturated rings. The molecule has 0 radical (unpaired) electrons. The summed E-state index contributed by atoms with van der Waals surface area (Å²) < 4.78 is 0. The van der Waals surface area contributed by atoms with E-state index in [9.17, 15) is 14.9 Å². The van der Waals surface area contributed by atoms with E-state index in [0.717, 1.165) is 26.2 Å². The number of benzene rings is 2. The monoisotopic (exact) mass is 375 g/mol. The van der Waals surface area contributed by atoms with Gasteiger partial charge in [0.25, 0.3) is 11.6 Å². The molecule has 0 saturated carbocycles. The number of carbonyl (C=O) groups is 1. The number of non-ortho nitro benzene ring substituents is 1. The maximum Gasteiger partial charge on any atom is 0.279 e. The summed E-state index contributed by atoms with van der Waals surface area (Å²) in [6, 6.07) is 14.3. The summed E-state index contributed by atoms with van der Waals surface area (Å²) in [5, 5.41) is 13.6. The number of quaternary nitrogens is 1. The highest BCUT2D eigenvalue weighted by molar-refractivity contribution is 6.33. The van der Waals surface area contributed by atoms with Crippen molar-refractivity contribution >= 4 is 34.6 Å². The molecule has 3 rings (SSSR count). The number of para-hydroxylation sites is 1. The van der Waals surface area contributed by atoms with E-state index in [4.69, 9.17) is 11.6 Å². The molecule has 0 unspecified atom stereocenters. The molecule has 1 amide bonds. The highest BCUT2D eigenvalue weighted by atomic mass is 35.5. The van der Waals surface area contributed by atoms with Crippen molar-refractivity contribution in [3.63, 3.8) is 0 Å². The van der Waals surface area contributed by atoms with Gasteiger partial charge in [-0.15, -0.1) is 0 Å². The summed E-state index contributed by atoms with van der Waals surface area (Å²) in [7, 11) is 0. The van der Waals surface area contributed by atoms with Crippen LogP contribution in [0.4, 0.5) is 17.1 Å². The van der Waals surface area contributed by atoms with Gasteiger partial charge >= 0.3 is 0 Å². The lowest BCUT2D eigenvalue weighted by molar-refractivity contribution is -0.892. The zero-order chi connectivity index (χ0) is 18.5. The van der Waals surface area contributed by atoms with Gasteiger partial charge in [-0.3, -0.25) is 14.9 Å². The molecule has 0 spiro atoms. The Morgan fingerprint density at radius 3 is 2.50 bits per heavy atom. The van der Waals surface area contributed by atoms with Crippen LogP contribution in [0.1, 0.15) is 0 Å². The van der Waals surface area contributed by atoms with Gasteiger partial charge in [0.2, 0.25) is 0 Å². The van der Waals surface area contributed by atoms with Crippen LogP contribution in [0.3, 0.4) is 0 Å². The lowest BCUT2D eigenvalue weighted by Crippen LogP contribution is -3.15. The molecule has 8 heteroatoms. The summed E-state index contributed by atoms with van der Waals surface area (Å²) >= 11 is 6.01. The quantitative estimate of drug-likeness (QED) is 0.614. The first-order chi connectivity index (χ1) is 12.5. The number of hydrogen-bond acceptors (Lipinski definition) is 4. The first-order valence-corrected chi connectivity index (χ1v) is 8.78. The van der Waals surface area contributed by atoms with Crippen LogP contribution in [0.25, 0.3) is 0 Å². The van der Waals surface area contributed by atoms with Gasteiger partial charge in [-0.05, 0) is 18.2 Å². The number of amides is 1. The molecule has 1 heterocycles. The van der Waals surface area contributed by atoms with E-state index in [1.165, 1.54) is 28.8 Å². The number of carbonyl (C=O) groups excluding carboxylic acids is 1. The SMILES string of the molecule is O=C(C[NH+]1CCN(c2ccccc2)CC1)Nc1ccc([N+](=O)[O-])cc1Cl. The standard InChI is InChI=1S/C18H19ClN4O3/c19-16-12-15(23(25)26)6-7-17(16)20-18(24)13-21-8-10-22(11-9-21)14-4-2-1-3-5-14/h1-7,12H,8-11,13H2,(H,20,24)/p+1. The Kier molecular flexibility index (Phi) is 5.70. The van der Waals surface area contributed by atoms with Gasteiger partial charge in [-0.25, -0.2) is 0 Å². The third kappa shape index (κ3) is 4.50. The molecule has 1 saturated heterocycles. The van der Waals surface area contributed by atoms with Crippen LogP contribution < -0.4 is 15.1 Å². The fourth-order valence-electron chi connectivity index (χ4n) is 3.04. The Morgan fingerprint density at radius 1 is 1.19 bits per heavy atom. The minimum atomic E-state index is -0.520. The Bertz CT molecular complexity index is 792. The van der Waals surface area contributed by atoms with Crippen molar-refractivity contribution in [3.8, 4) is 0 Å². The van der Waals surface area contributed by atoms with E-state index >= 15 is 0 Å². The Labute approximate surface area is 156 Å². The van der Waals surface area contributed by atoms with Gasteiger partial charge in [-0.1, -0.05) is 29.8 Å². The molecule has 2 aromatic rings. The second kappa shape index (κ2) is 8.16. The average Bonchev–Trinajstić information content (AvgIpc) is 2.64. The van der Waals surface area contributed by atoms with Crippen LogP contribution >= 0.6 is 11.6 Å². The number of hydrogen-bond donors (Lipinski definition) is 2. The lowest BCUT2D eigenvalue weighted by atomic mass is 10.2. The summed E-state index contributed by atoms with van der Waals surface area (Å²) in [5.41, 5.74) is 1.49. The molecular formula is C18H20ClN4O3+. The fraction of sp³-hybridized carbons (Fsp3) is 0.278. The molecular weight excluding hydrogens is 356 g/mol. The van der Waals surface area contributed by atoms with Gasteiger partial charge in [-0.2, -0.15) is 0 Å². The first-order valence-electron chi connectivity index (χ1n) is 8.40. The molecule has 0 atom stereocenters. The molecule has 0 bridgehead atoms. The Morgan fingerprint density at radius 2 is 1.88 bits per heavy atom. The molecule has 0 aromatic heterocycles. The van der Waals surface area contributed by atoms with Crippen molar-refractivity contribution in [2.75, 3.05) is 42.9 Å². The lowest BCUT2D eigenvalue weighted by Gasteiger charge is -2.33. The fourth-order valence-corrected chi connectivity index (χ4v) is 3.26. The zero-order valence-corrected chi connectivity index (χ0v) is 14.9. The molecule has 26 heavy (non-hydrogen) atoms. The molecule has 2 aromatic carbocycles. The second-order valence-corrected chi connectivity index (χ2v) is 6.63. The van der Waals surface area contributed by atoms with Gasteiger partial charge < -0.3 is 15.1 Å². The molecule has 0 aliphatic carbocycles. The highest BCUT2D eigenvalue weighted by Gasteiger charge is 2.22. The van der Waals surface area contributed by atoms with E-state index in [1.807, 2.05) is 18.2 Å². The number of halogens is 1. The minimum Gasteiger partial charge on any atom is -0.360 e. The third-order valence-electron chi connectivity index (χ3n) is 4.44. The van der Waals surface area contributed by atoms with E-state index < -0.39 is 4.92 Å². The van der Waals surface area contributed by atoms with E-state index in [0.29, 0.717) is 12.2 Å². The Balaban J connectivity index is 1.51. The first kappa shape index (κ1) is 18.2. The van der Waals surface area contributed by atoms with Crippen molar-refractivity contribution in [1.82, 2.24) is 0 Å². The summed E-state index contributed by atoms with van der Waals surface area (Å²) in [6.07, 6.45) is 0. The van der Waals surface area contributed by atoms with Crippen molar-refractivity contribution < 1.29 is 14.6 Å². The third-order valence-corrected chi connectivity index (χ3v) is 4.75. The van der Waals surface area contributed by atoms with Crippen molar-refractivity contribution in [1.29, 1.82) is 0 Å². The minimum absolute atomic E-state index is 0.101. The number of nitrogens with one attached hydrogen (secondary N) is 2. The van der Waals surface area contributed by atoms with E-state index in [-0.39, 0.29) is 16.6 Å². The van der Waals surface area contributed by atoms with Crippen LogP contribution in [0.15, 0.2) is 48.5 Å². The van der Waals surface area contributed by atoms with Crippen LogP contribution in [0.5, 0.6) is 0 Å². The number of nitro groups is 1. The predicted molar refractivity (Wildman–Crippen MR) is 101 cm³/mol. The number of rotatable bonds is 5. The maximum atomic E-state index is 12.3. The Hall–Kier alpha value is -2.64. The molecule has 2 N–H and O–H groups in total. The van der Waals surface area contributed by atoms with E-state index in [2.05, 4.69) is 22.3 Å². The van der Waals surface area contributed by atoms with Crippen LogP contribution in [0.2, 0.25) is 5.02 Å². The van der Waals surface area contributed by atoms with Crippen molar-refractivity contribution in [3.05, 3.63) is 63.7 Å². The molecule has 136 valence electrons. The normalized spacial score (nSPS) is 14.9. The molecule has 7 nitrogen and oxygen atoms in total. The number of piperazine rings is 1. The zero-order valence-electron chi connectivity index (χ0n) is 14.2. The second-order valence-electron chi connectivity index (χ2n) is 6.22. The van der Waals surface area contributed by atoms with Gasteiger partial charge in [0, 0.05) is 17.8 Å². The van der Waals surface area contributed by atoms with Crippen molar-refractivity contribution in [2.24, 2.45) is 0 Å². The van der Waals surface area contributed by atoms with Crippen LogP contribution in [-0.4, -0.2) is 43.6 Å². The summed E-state index contributed by atoms with van der Waals surface area (Å²) in [6.45, 7) is 3.87. The number of anilines is 2. The molecule has 1 aliphatic heterocycles. The average molecular weight is 376 g/mol. The largest absolute Gasteiger partial charge is 0.360 e. The van der Waals surface area contributed by atoms with Gasteiger partial charge in [0.05, 0.1) is 41.8 Å². The van der Waals surface area contributed by atoms with Crippen LogP contribution in [-0.2, 0) is 4.79 Å². The highest BCUT2D eigenvalue weighted by Crippen LogP contribution is 2.26. The van der Waals surface area contributed by atoms with E-state index in [1.54, 1.807) is 0 Å². The topological polar surface area (TPSA) is 79.9 Å². The van der Waals surface area contributed by atoms with Crippen LogP contribution in [0, 0.1) is 10.1 Å². The number of nitrogens with zero attached hydrogens (tertiary/aromatic N) is 2. The van der Waals surface area contributed by atoms with Gasteiger partial charge in [0.1, 0.15) is 0 Å². The summed E-state index contributed by atoms with van der Waals surface area (Å²) in [4.78, 5) is 26.0. The maximum absolute atomic E-state index is 12.3.